The van der Waals surface area contributed by atoms with Gasteiger partial charge in [0.25, 0.3) is 0 Å². The second kappa shape index (κ2) is 6.83. The van der Waals surface area contributed by atoms with E-state index in [4.69, 9.17) is 0 Å². The van der Waals surface area contributed by atoms with E-state index >= 15 is 0 Å². The monoisotopic (exact) mass is 378 g/mol. The van der Waals surface area contributed by atoms with Crippen molar-refractivity contribution in [2.45, 2.75) is 0 Å². The summed E-state index contributed by atoms with van der Waals surface area (Å²) in [6.45, 7) is 0. The third kappa shape index (κ3) is 3.88. The first kappa shape index (κ1) is 14.2. The lowest BCUT2D eigenvalue weighted by molar-refractivity contribution is 0.103. The van der Waals surface area contributed by atoms with Gasteiger partial charge in [-0.2, -0.15) is 0 Å². The average molecular weight is 380 g/mol. The van der Waals surface area contributed by atoms with Gasteiger partial charge in [-0.1, -0.05) is 62.2 Å². The average Bonchev–Trinajstić information content (AvgIpc) is 2.46. The molecule has 0 amide bonds. The number of allylic oxidation sites excluding steroid dienone is 1. The second-order valence-electron chi connectivity index (χ2n) is 4.05. The second-order valence-corrected chi connectivity index (χ2v) is 5.53. The fraction of sp³-hybridized carbons (Fsp3) is 0.0625. The highest BCUT2D eigenvalue weighted by Gasteiger charge is 2.11. The number of rotatable bonds is 4. The summed E-state index contributed by atoms with van der Waals surface area (Å²) in [4.78, 5) is 12.4. The molecule has 0 saturated heterocycles. The van der Waals surface area contributed by atoms with Gasteiger partial charge in [-0.15, -0.1) is 0 Å². The molecule has 96 valence electrons. The molecule has 0 unspecified atom stereocenters. The van der Waals surface area contributed by atoms with Gasteiger partial charge in [-0.3, -0.25) is 4.79 Å². The summed E-state index contributed by atoms with van der Waals surface area (Å²) in [5.74, 6) is 0.0493. The van der Waals surface area contributed by atoms with Crippen molar-refractivity contribution in [3.63, 3.8) is 0 Å². The molecular weight excluding hydrogens is 368 g/mol. The van der Waals surface area contributed by atoms with E-state index in [0.717, 1.165) is 15.6 Å². The molecule has 0 bridgehead atoms. The van der Waals surface area contributed by atoms with Gasteiger partial charge in [0.1, 0.15) is 0 Å². The van der Waals surface area contributed by atoms with E-state index in [-0.39, 0.29) is 5.78 Å². The number of hydrogen-bond donors (Lipinski definition) is 0. The molecule has 1 nitrogen and oxygen atoms in total. The number of ketones is 1. The van der Waals surface area contributed by atoms with Crippen molar-refractivity contribution >= 4 is 43.7 Å². The van der Waals surface area contributed by atoms with E-state index in [0.29, 0.717) is 10.9 Å². The summed E-state index contributed by atoms with van der Waals surface area (Å²) >= 11 is 6.75. The zero-order chi connectivity index (χ0) is 13.7. The van der Waals surface area contributed by atoms with Crippen LogP contribution in [-0.4, -0.2) is 11.1 Å². The molecule has 0 aromatic heterocycles. The Bertz CT molecular complexity index is 586. The number of carbonyl (C=O) groups excluding carboxylic acids is 1. The lowest BCUT2D eigenvalue weighted by Gasteiger charge is -2.04. The number of Topliss-reactive ketones (excluding diaryl/α,β-unsaturated/α-hetero) is 1. The molecule has 3 heteroatoms. The van der Waals surface area contributed by atoms with Gasteiger partial charge < -0.3 is 0 Å². The van der Waals surface area contributed by atoms with Crippen molar-refractivity contribution in [1.29, 1.82) is 0 Å². The van der Waals surface area contributed by atoms with Gasteiger partial charge >= 0.3 is 0 Å². The summed E-state index contributed by atoms with van der Waals surface area (Å²) in [7, 11) is 0. The Kier molecular flexibility index (Phi) is 5.11. The fourth-order valence-electron chi connectivity index (χ4n) is 1.70. The van der Waals surface area contributed by atoms with Crippen molar-refractivity contribution in [1.82, 2.24) is 0 Å². The van der Waals surface area contributed by atoms with Crippen LogP contribution >= 0.6 is 31.9 Å². The summed E-state index contributed by atoms with van der Waals surface area (Å²) in [6, 6.07) is 17.3. The topological polar surface area (TPSA) is 17.1 Å². The Morgan fingerprint density at radius 2 is 1.63 bits per heavy atom. The summed E-state index contributed by atoms with van der Waals surface area (Å²) in [5, 5.41) is 0.538. The van der Waals surface area contributed by atoms with E-state index < -0.39 is 0 Å². The minimum atomic E-state index is 0.0493. The van der Waals surface area contributed by atoms with Crippen LogP contribution in [0.3, 0.4) is 0 Å². The largest absolute Gasteiger partial charge is 0.289 e. The van der Waals surface area contributed by atoms with Gasteiger partial charge in [-0.05, 0) is 35.9 Å². The van der Waals surface area contributed by atoms with Gasteiger partial charge in [0.2, 0.25) is 0 Å². The van der Waals surface area contributed by atoms with Gasteiger partial charge in [-0.25, -0.2) is 0 Å². The van der Waals surface area contributed by atoms with E-state index in [1.165, 1.54) is 0 Å². The van der Waals surface area contributed by atoms with E-state index in [2.05, 4.69) is 31.9 Å². The highest BCUT2D eigenvalue weighted by molar-refractivity contribution is 9.10. The molecule has 2 aromatic carbocycles. The maximum Gasteiger partial charge on any atom is 0.189 e. The van der Waals surface area contributed by atoms with E-state index in [1.54, 1.807) is 0 Å². The molecule has 0 aliphatic heterocycles. The first-order chi connectivity index (χ1) is 9.20. The molecule has 0 saturated carbocycles. The molecule has 0 spiro atoms. The van der Waals surface area contributed by atoms with Gasteiger partial charge in [0.05, 0.1) is 0 Å². The van der Waals surface area contributed by atoms with Gasteiger partial charge in [0, 0.05) is 20.9 Å². The first-order valence-corrected chi connectivity index (χ1v) is 7.74. The zero-order valence-electron chi connectivity index (χ0n) is 10.1. The van der Waals surface area contributed by atoms with Crippen LogP contribution < -0.4 is 0 Å². The smallest absolute Gasteiger partial charge is 0.189 e. The van der Waals surface area contributed by atoms with Crippen LogP contribution in [0.25, 0.3) is 6.08 Å². The maximum absolute atomic E-state index is 12.4. The van der Waals surface area contributed by atoms with Crippen LogP contribution in [0, 0.1) is 0 Å². The third-order valence-electron chi connectivity index (χ3n) is 2.68. The predicted octanol–water partition coefficient (Wildman–Crippen LogP) is 5.11. The number of carbonyl (C=O) groups is 1. The number of benzene rings is 2. The number of alkyl halides is 1. The molecule has 0 N–H and O–H groups in total. The Labute approximate surface area is 129 Å². The quantitative estimate of drug-likeness (QED) is 0.409. The minimum absolute atomic E-state index is 0.0493. The lowest BCUT2D eigenvalue weighted by Crippen LogP contribution is -2.04. The molecule has 19 heavy (non-hydrogen) atoms. The summed E-state index contributed by atoms with van der Waals surface area (Å²) in [5.41, 5.74) is 2.47. The zero-order valence-corrected chi connectivity index (χ0v) is 13.3. The molecule has 0 aliphatic carbocycles. The van der Waals surface area contributed by atoms with Crippen LogP contribution in [0.15, 0.2) is 64.6 Å². The maximum atomic E-state index is 12.4. The van der Waals surface area contributed by atoms with Crippen LogP contribution in [0.2, 0.25) is 0 Å². The molecule has 0 heterocycles. The molecular formula is C16H12Br2O. The molecule has 0 radical (unpaired) electrons. The van der Waals surface area contributed by atoms with Crippen LogP contribution in [0.4, 0.5) is 0 Å². The third-order valence-corrected chi connectivity index (χ3v) is 3.82. The highest BCUT2D eigenvalue weighted by atomic mass is 79.9. The first-order valence-electron chi connectivity index (χ1n) is 5.82. The normalized spacial score (nSPS) is 11.4. The summed E-state index contributed by atoms with van der Waals surface area (Å²) < 4.78 is 0.969. The van der Waals surface area contributed by atoms with Crippen LogP contribution in [0.1, 0.15) is 15.9 Å². The van der Waals surface area contributed by atoms with Crippen molar-refractivity contribution < 1.29 is 4.79 Å². The molecule has 0 fully saturated rings. The molecule has 0 atom stereocenters. The molecule has 0 aliphatic rings. The minimum Gasteiger partial charge on any atom is -0.289 e. The Morgan fingerprint density at radius 1 is 1.00 bits per heavy atom. The molecule has 2 aromatic rings. The lowest BCUT2D eigenvalue weighted by atomic mass is 10.0. The van der Waals surface area contributed by atoms with Crippen LogP contribution in [0.5, 0.6) is 0 Å². The van der Waals surface area contributed by atoms with E-state index in [1.807, 2.05) is 60.7 Å². The van der Waals surface area contributed by atoms with Gasteiger partial charge in [0.15, 0.2) is 5.78 Å². The number of hydrogen-bond acceptors (Lipinski definition) is 1. The SMILES string of the molecule is O=C(/C(=C\c1ccccc1)CBr)c1ccc(Br)cc1. The number of halogens is 2. The Hall–Kier alpha value is -1.19. The van der Waals surface area contributed by atoms with Crippen molar-refractivity contribution in [3.05, 3.63) is 75.8 Å². The standard InChI is InChI=1S/C16H12Br2O/c17-11-14(10-12-4-2-1-3-5-12)16(19)13-6-8-15(18)9-7-13/h1-10H,11H2/b14-10-. The highest BCUT2D eigenvalue weighted by Crippen LogP contribution is 2.17. The van der Waals surface area contributed by atoms with Crippen molar-refractivity contribution in [2.24, 2.45) is 0 Å². The Balaban J connectivity index is 2.29. The Morgan fingerprint density at radius 3 is 2.21 bits per heavy atom. The predicted molar refractivity (Wildman–Crippen MR) is 86.7 cm³/mol. The van der Waals surface area contributed by atoms with Crippen molar-refractivity contribution in [3.8, 4) is 0 Å². The van der Waals surface area contributed by atoms with Crippen LogP contribution in [-0.2, 0) is 0 Å². The fourth-order valence-corrected chi connectivity index (χ4v) is 2.38. The summed E-state index contributed by atoms with van der Waals surface area (Å²) in [6.07, 6.45) is 1.92. The molecule has 2 rings (SSSR count). The van der Waals surface area contributed by atoms with Crippen molar-refractivity contribution in [2.75, 3.05) is 5.33 Å². The van der Waals surface area contributed by atoms with E-state index in [9.17, 15) is 4.79 Å².